The van der Waals surface area contributed by atoms with Gasteiger partial charge in [-0.05, 0) is 56.2 Å². The molecule has 4 nitrogen and oxygen atoms in total. The molecule has 1 N–H and O–H groups in total. The van der Waals surface area contributed by atoms with E-state index in [2.05, 4.69) is 5.32 Å². The molecule has 27 heavy (non-hydrogen) atoms. The first-order valence-corrected chi connectivity index (χ1v) is 8.69. The SMILES string of the molecule is CCOc1ccc(CCNC(=O)c2cccc(C(F)(F)F)c2)cc1OCC. The minimum absolute atomic E-state index is 0.0217. The van der Waals surface area contributed by atoms with Gasteiger partial charge in [-0.1, -0.05) is 12.1 Å². The molecule has 0 bridgehead atoms. The molecule has 2 aromatic rings. The van der Waals surface area contributed by atoms with Gasteiger partial charge in [0.2, 0.25) is 0 Å². The summed E-state index contributed by atoms with van der Waals surface area (Å²) in [6.45, 7) is 5.06. The normalized spacial score (nSPS) is 11.1. The Kier molecular flexibility index (Phi) is 7.10. The van der Waals surface area contributed by atoms with Crippen LogP contribution in [0.3, 0.4) is 0 Å². The number of amides is 1. The third-order valence-corrected chi connectivity index (χ3v) is 3.76. The predicted molar refractivity (Wildman–Crippen MR) is 96.3 cm³/mol. The summed E-state index contributed by atoms with van der Waals surface area (Å²) >= 11 is 0. The largest absolute Gasteiger partial charge is 0.490 e. The van der Waals surface area contributed by atoms with Crippen molar-refractivity contribution in [3.05, 3.63) is 59.2 Å². The second-order valence-electron chi connectivity index (χ2n) is 5.73. The van der Waals surface area contributed by atoms with E-state index in [-0.39, 0.29) is 12.1 Å². The lowest BCUT2D eigenvalue weighted by Gasteiger charge is -2.13. The zero-order valence-corrected chi connectivity index (χ0v) is 15.2. The molecular weight excluding hydrogens is 359 g/mol. The van der Waals surface area contributed by atoms with Gasteiger partial charge in [0.25, 0.3) is 5.91 Å². The molecule has 2 aromatic carbocycles. The van der Waals surface area contributed by atoms with Crippen LogP contribution in [0.5, 0.6) is 11.5 Å². The number of ether oxygens (including phenoxy) is 2. The molecule has 1 amide bonds. The predicted octanol–water partition coefficient (Wildman–Crippen LogP) is 4.48. The van der Waals surface area contributed by atoms with Gasteiger partial charge in [0.1, 0.15) is 0 Å². The van der Waals surface area contributed by atoms with Gasteiger partial charge in [-0.15, -0.1) is 0 Å². The summed E-state index contributed by atoms with van der Waals surface area (Å²) in [5, 5.41) is 2.64. The summed E-state index contributed by atoms with van der Waals surface area (Å²) in [5.41, 5.74) is 0.0563. The molecule has 0 heterocycles. The van der Waals surface area contributed by atoms with Crippen molar-refractivity contribution < 1.29 is 27.4 Å². The van der Waals surface area contributed by atoms with Crippen molar-refractivity contribution in [2.24, 2.45) is 0 Å². The highest BCUT2D eigenvalue weighted by Crippen LogP contribution is 2.30. The number of hydrogen-bond acceptors (Lipinski definition) is 3. The monoisotopic (exact) mass is 381 g/mol. The third kappa shape index (κ3) is 5.91. The van der Waals surface area contributed by atoms with Crippen LogP contribution in [0.25, 0.3) is 0 Å². The first-order chi connectivity index (χ1) is 12.8. The number of carbonyl (C=O) groups is 1. The van der Waals surface area contributed by atoms with Gasteiger partial charge in [-0.2, -0.15) is 13.2 Å². The van der Waals surface area contributed by atoms with Crippen LogP contribution in [-0.4, -0.2) is 25.7 Å². The lowest BCUT2D eigenvalue weighted by atomic mass is 10.1. The van der Waals surface area contributed by atoms with E-state index in [9.17, 15) is 18.0 Å². The minimum atomic E-state index is -4.48. The van der Waals surface area contributed by atoms with E-state index in [1.807, 2.05) is 26.0 Å². The second kappa shape index (κ2) is 9.30. The first-order valence-electron chi connectivity index (χ1n) is 8.69. The number of benzene rings is 2. The zero-order valence-electron chi connectivity index (χ0n) is 15.2. The molecule has 0 aliphatic heterocycles. The summed E-state index contributed by atoms with van der Waals surface area (Å²) in [4.78, 5) is 12.1. The van der Waals surface area contributed by atoms with Gasteiger partial charge >= 0.3 is 6.18 Å². The molecule has 0 aliphatic rings. The third-order valence-electron chi connectivity index (χ3n) is 3.76. The van der Waals surface area contributed by atoms with Gasteiger partial charge in [-0.3, -0.25) is 4.79 Å². The summed E-state index contributed by atoms with van der Waals surface area (Å²) in [7, 11) is 0. The zero-order chi connectivity index (χ0) is 19.9. The van der Waals surface area contributed by atoms with Crippen LogP contribution < -0.4 is 14.8 Å². The number of alkyl halides is 3. The van der Waals surface area contributed by atoms with Gasteiger partial charge < -0.3 is 14.8 Å². The number of halogens is 3. The highest BCUT2D eigenvalue weighted by atomic mass is 19.4. The average Bonchev–Trinajstić information content (AvgIpc) is 2.63. The molecule has 146 valence electrons. The minimum Gasteiger partial charge on any atom is -0.490 e. The quantitative estimate of drug-likeness (QED) is 0.734. The Labute approximate surface area is 156 Å². The molecule has 0 fully saturated rings. The molecular formula is C20H22F3NO3. The molecule has 0 spiro atoms. The fourth-order valence-electron chi connectivity index (χ4n) is 2.51. The Hall–Kier alpha value is -2.70. The van der Waals surface area contributed by atoms with Gasteiger partial charge in [0, 0.05) is 12.1 Å². The fourth-order valence-corrected chi connectivity index (χ4v) is 2.51. The van der Waals surface area contributed by atoms with Crippen LogP contribution in [0.1, 0.15) is 35.3 Å². The van der Waals surface area contributed by atoms with E-state index in [1.54, 1.807) is 6.07 Å². The van der Waals surface area contributed by atoms with Gasteiger partial charge in [-0.25, -0.2) is 0 Å². The van der Waals surface area contributed by atoms with E-state index in [4.69, 9.17) is 9.47 Å². The molecule has 0 saturated carbocycles. The van der Waals surface area contributed by atoms with E-state index in [1.165, 1.54) is 12.1 Å². The van der Waals surface area contributed by atoms with Gasteiger partial charge in [0.15, 0.2) is 11.5 Å². The molecule has 0 aromatic heterocycles. The molecule has 0 unspecified atom stereocenters. The van der Waals surface area contributed by atoms with Crippen molar-refractivity contribution >= 4 is 5.91 Å². The van der Waals surface area contributed by atoms with E-state index < -0.39 is 17.6 Å². The maximum atomic E-state index is 12.7. The summed E-state index contributed by atoms with van der Waals surface area (Å²) < 4.78 is 49.3. The number of carbonyl (C=O) groups excluding carboxylic acids is 1. The van der Waals surface area contributed by atoms with E-state index >= 15 is 0 Å². The van der Waals surface area contributed by atoms with Crippen LogP contribution in [0.15, 0.2) is 42.5 Å². The van der Waals surface area contributed by atoms with Crippen molar-refractivity contribution in [1.29, 1.82) is 0 Å². The maximum absolute atomic E-state index is 12.7. The first kappa shape index (κ1) is 20.6. The Morgan fingerprint density at radius 2 is 1.70 bits per heavy atom. The summed E-state index contributed by atoms with van der Waals surface area (Å²) in [5.74, 6) is 0.731. The van der Waals surface area contributed by atoms with Crippen molar-refractivity contribution in [3.63, 3.8) is 0 Å². The summed E-state index contributed by atoms with van der Waals surface area (Å²) in [6.07, 6.45) is -3.97. The Bertz CT molecular complexity index is 775. The Morgan fingerprint density at radius 1 is 1.00 bits per heavy atom. The van der Waals surface area contributed by atoms with Crippen molar-refractivity contribution in [2.75, 3.05) is 19.8 Å². The molecule has 0 atom stereocenters. The number of rotatable bonds is 8. The van der Waals surface area contributed by atoms with Gasteiger partial charge in [0.05, 0.1) is 18.8 Å². The molecule has 0 aliphatic carbocycles. The second-order valence-corrected chi connectivity index (χ2v) is 5.73. The summed E-state index contributed by atoms with van der Waals surface area (Å²) in [6, 6.07) is 9.87. The van der Waals surface area contributed by atoms with Crippen molar-refractivity contribution in [2.45, 2.75) is 26.4 Å². The van der Waals surface area contributed by atoms with E-state index in [0.717, 1.165) is 17.7 Å². The lowest BCUT2D eigenvalue weighted by Crippen LogP contribution is -2.26. The van der Waals surface area contributed by atoms with Crippen LogP contribution in [-0.2, 0) is 12.6 Å². The number of nitrogens with one attached hydrogen (secondary N) is 1. The van der Waals surface area contributed by atoms with Crippen molar-refractivity contribution in [1.82, 2.24) is 5.32 Å². The average molecular weight is 381 g/mol. The number of hydrogen-bond donors (Lipinski definition) is 1. The lowest BCUT2D eigenvalue weighted by molar-refractivity contribution is -0.137. The Balaban J connectivity index is 1.98. The molecule has 0 saturated heterocycles. The molecule has 0 radical (unpaired) electrons. The standard InChI is InChI=1S/C20H22F3NO3/c1-3-26-17-9-8-14(12-18(17)27-4-2)10-11-24-19(25)15-6-5-7-16(13-15)20(21,22)23/h5-9,12-13H,3-4,10-11H2,1-2H3,(H,24,25). The highest BCUT2D eigenvalue weighted by molar-refractivity contribution is 5.94. The van der Waals surface area contributed by atoms with Crippen LogP contribution in [0.2, 0.25) is 0 Å². The molecule has 2 rings (SSSR count). The topological polar surface area (TPSA) is 47.6 Å². The maximum Gasteiger partial charge on any atom is 0.416 e. The fraction of sp³-hybridized carbons (Fsp3) is 0.350. The van der Waals surface area contributed by atoms with Crippen LogP contribution >= 0.6 is 0 Å². The van der Waals surface area contributed by atoms with Crippen molar-refractivity contribution in [3.8, 4) is 11.5 Å². The molecule has 7 heteroatoms. The highest BCUT2D eigenvalue weighted by Gasteiger charge is 2.30. The van der Waals surface area contributed by atoms with E-state index in [0.29, 0.717) is 31.1 Å². The smallest absolute Gasteiger partial charge is 0.416 e. The van der Waals surface area contributed by atoms with Crippen LogP contribution in [0, 0.1) is 0 Å². The van der Waals surface area contributed by atoms with Crippen LogP contribution in [0.4, 0.5) is 13.2 Å². The Morgan fingerprint density at radius 3 is 2.37 bits per heavy atom.